The summed E-state index contributed by atoms with van der Waals surface area (Å²) in [6, 6.07) is 5.78. The lowest BCUT2D eigenvalue weighted by atomic mass is 9.80. The van der Waals surface area contributed by atoms with Gasteiger partial charge in [0.15, 0.2) is 10.9 Å². The first-order valence-corrected chi connectivity index (χ1v) is 16.0. The van der Waals surface area contributed by atoms with Gasteiger partial charge in [0.05, 0.1) is 18.3 Å². The van der Waals surface area contributed by atoms with Crippen LogP contribution in [-0.2, 0) is 19.1 Å². The lowest BCUT2D eigenvalue weighted by Gasteiger charge is -2.36. The normalized spacial score (nSPS) is 23.5. The Kier molecular flexibility index (Phi) is 9.82. The van der Waals surface area contributed by atoms with Gasteiger partial charge in [-0.2, -0.15) is 0 Å². The van der Waals surface area contributed by atoms with Crippen LogP contribution in [-0.4, -0.2) is 123 Å². The van der Waals surface area contributed by atoms with E-state index in [1.807, 2.05) is 32.9 Å². The highest BCUT2D eigenvalue weighted by molar-refractivity contribution is 7.14. The average Bonchev–Trinajstić information content (AvgIpc) is 3.76. The molecule has 3 saturated heterocycles. The molecule has 0 unspecified atom stereocenters. The van der Waals surface area contributed by atoms with Crippen LogP contribution in [0, 0.1) is 5.41 Å². The van der Waals surface area contributed by atoms with Crippen LogP contribution in [0.5, 0.6) is 0 Å². The number of anilines is 1. The minimum Gasteiger partial charge on any atom is -0.383 e. The molecule has 0 radical (unpaired) electrons. The van der Waals surface area contributed by atoms with E-state index in [9.17, 15) is 14.4 Å². The Morgan fingerprint density at radius 1 is 1.19 bits per heavy atom. The number of carbonyl (C=O) groups excluding carboxylic acids is 3. The van der Waals surface area contributed by atoms with Gasteiger partial charge in [-0.3, -0.25) is 19.3 Å². The summed E-state index contributed by atoms with van der Waals surface area (Å²) in [5, 5.41) is 9.24. The number of hydrogen-bond donors (Lipinski definition) is 2. The van der Waals surface area contributed by atoms with E-state index in [4.69, 9.17) is 14.5 Å². The number of likely N-dealkylation sites (tertiary alicyclic amines) is 1. The summed E-state index contributed by atoms with van der Waals surface area (Å²) in [5.74, 6) is -0.676. The number of aromatic nitrogens is 1. The van der Waals surface area contributed by atoms with E-state index in [1.54, 1.807) is 42.5 Å². The first kappa shape index (κ1) is 31.5. The molecule has 0 saturated carbocycles. The van der Waals surface area contributed by atoms with E-state index in [2.05, 4.69) is 25.8 Å². The lowest BCUT2D eigenvalue weighted by molar-refractivity contribution is -0.140. The number of nitrogens with one attached hydrogen (secondary N) is 2. The van der Waals surface area contributed by atoms with E-state index < -0.39 is 17.5 Å². The van der Waals surface area contributed by atoms with Crippen molar-refractivity contribution in [1.29, 1.82) is 0 Å². The van der Waals surface area contributed by atoms with Gasteiger partial charge >= 0.3 is 0 Å². The van der Waals surface area contributed by atoms with Gasteiger partial charge in [0.2, 0.25) is 5.91 Å². The van der Waals surface area contributed by atoms with Crippen molar-refractivity contribution in [2.24, 2.45) is 5.41 Å². The number of thiazole rings is 1. The topological polar surface area (TPSA) is 116 Å². The van der Waals surface area contributed by atoms with Crippen molar-refractivity contribution in [2.75, 3.05) is 71.5 Å². The molecule has 11 nitrogen and oxygen atoms in total. The van der Waals surface area contributed by atoms with Crippen LogP contribution in [0.1, 0.15) is 37.6 Å². The van der Waals surface area contributed by atoms with Crippen LogP contribution in [0.25, 0.3) is 11.3 Å². The van der Waals surface area contributed by atoms with Crippen LogP contribution < -0.4 is 15.5 Å². The first-order chi connectivity index (χ1) is 20.7. The molecule has 5 rings (SSSR count). The lowest BCUT2D eigenvalue weighted by Crippen LogP contribution is -2.57. The van der Waals surface area contributed by atoms with Crippen LogP contribution in [0.3, 0.4) is 0 Å². The zero-order valence-electron chi connectivity index (χ0n) is 25.8. The van der Waals surface area contributed by atoms with Crippen molar-refractivity contribution in [1.82, 2.24) is 25.4 Å². The highest BCUT2D eigenvalue weighted by Crippen LogP contribution is 2.33. The molecule has 234 valence electrons. The minimum atomic E-state index is -0.801. The average molecular weight is 613 g/mol. The smallest absolute Gasteiger partial charge is 0.251 e. The number of piperazine rings is 1. The summed E-state index contributed by atoms with van der Waals surface area (Å²) in [4.78, 5) is 51.3. The Balaban J connectivity index is 1.25. The second kappa shape index (κ2) is 13.4. The Morgan fingerprint density at radius 3 is 2.56 bits per heavy atom. The molecule has 3 fully saturated rings. The zero-order chi connectivity index (χ0) is 30.7. The Labute approximate surface area is 257 Å². The van der Waals surface area contributed by atoms with Crippen molar-refractivity contribution in [3.8, 4) is 11.3 Å². The fourth-order valence-corrected chi connectivity index (χ4v) is 6.92. The molecule has 12 heteroatoms. The van der Waals surface area contributed by atoms with Crippen molar-refractivity contribution >= 4 is 34.1 Å². The summed E-state index contributed by atoms with van der Waals surface area (Å²) in [7, 11) is 3.54. The molecule has 3 aliphatic rings. The summed E-state index contributed by atoms with van der Waals surface area (Å²) in [5.41, 5.74) is 1.73. The number of hydrogen-bond acceptors (Lipinski definition) is 10. The number of fused-ring (bicyclic) bond motifs is 1. The number of amides is 2. The van der Waals surface area contributed by atoms with E-state index in [1.165, 1.54) is 0 Å². The molecule has 3 aliphatic heterocycles. The van der Waals surface area contributed by atoms with E-state index >= 15 is 0 Å². The van der Waals surface area contributed by atoms with Gasteiger partial charge in [-0.1, -0.05) is 32.9 Å². The zero-order valence-corrected chi connectivity index (χ0v) is 26.6. The summed E-state index contributed by atoms with van der Waals surface area (Å²) in [6.45, 7) is 11.8. The Morgan fingerprint density at radius 2 is 1.91 bits per heavy atom. The summed E-state index contributed by atoms with van der Waals surface area (Å²) in [6.07, 6.45) is 0.297. The van der Waals surface area contributed by atoms with Gasteiger partial charge in [-0.05, 0) is 31.0 Å². The molecule has 0 bridgehead atoms. The minimum absolute atomic E-state index is 0.00381. The molecule has 4 heterocycles. The number of nitrogens with zero attached hydrogens (tertiary/aromatic N) is 4. The van der Waals surface area contributed by atoms with Gasteiger partial charge in [-0.25, -0.2) is 4.98 Å². The highest BCUT2D eigenvalue weighted by atomic mass is 32.1. The van der Waals surface area contributed by atoms with Crippen molar-refractivity contribution in [3.05, 3.63) is 35.2 Å². The van der Waals surface area contributed by atoms with Crippen LogP contribution in [0.15, 0.2) is 29.6 Å². The fraction of sp³-hybridized carbons (Fsp3) is 0.613. The van der Waals surface area contributed by atoms with Crippen LogP contribution in [0.4, 0.5) is 5.13 Å². The van der Waals surface area contributed by atoms with E-state index in [-0.39, 0.29) is 36.4 Å². The maximum absolute atomic E-state index is 14.0. The number of likely N-dealkylation sites (N-methyl/N-ethyl adjacent to an activating group) is 1. The number of Topliss-reactive ketones (excluding diaryl/α,β-unsaturated/α-hetero) is 1. The number of benzene rings is 1. The summed E-state index contributed by atoms with van der Waals surface area (Å²) < 4.78 is 10.9. The van der Waals surface area contributed by atoms with Crippen molar-refractivity contribution in [2.45, 2.75) is 51.4 Å². The third kappa shape index (κ3) is 6.63. The third-order valence-corrected chi connectivity index (χ3v) is 10.1. The van der Waals surface area contributed by atoms with Gasteiger partial charge in [-0.15, -0.1) is 11.3 Å². The molecule has 0 spiro atoms. The Bertz CT molecular complexity index is 1290. The number of rotatable bonds is 11. The molecule has 2 amide bonds. The van der Waals surface area contributed by atoms with E-state index in [0.29, 0.717) is 18.5 Å². The number of ether oxygens (including phenoxy) is 2. The van der Waals surface area contributed by atoms with Gasteiger partial charge < -0.3 is 29.9 Å². The van der Waals surface area contributed by atoms with Gasteiger partial charge in [0.1, 0.15) is 24.8 Å². The standard InChI is InChI=1S/C31H44N6O5S/c1-6-31(2,3)27(29(40)37-17-22(32-4)26-25(37)24(38)18-42-26)34-28(39)21-9-7-20(8-10-21)23-19-43-30(33-23)36-13-11-35(12-14-36)15-16-41-5/h7-10,19,22,25-27,32H,6,11-18H2,1-5H3,(H,34,39)/t22-,25+,26+,27+/m0/s1. The van der Waals surface area contributed by atoms with Crippen LogP contribution >= 0.6 is 11.3 Å². The second-order valence-electron chi connectivity index (χ2n) is 12.2. The molecular formula is C31H44N6O5S. The monoisotopic (exact) mass is 612 g/mol. The number of ketones is 1. The van der Waals surface area contributed by atoms with Crippen molar-refractivity contribution < 1.29 is 23.9 Å². The van der Waals surface area contributed by atoms with Crippen LogP contribution in [0.2, 0.25) is 0 Å². The maximum Gasteiger partial charge on any atom is 0.251 e. The Hall–Kier alpha value is -2.90. The molecule has 1 aromatic carbocycles. The second-order valence-corrected chi connectivity index (χ2v) is 13.1. The predicted octanol–water partition coefficient (Wildman–Crippen LogP) is 1.88. The van der Waals surface area contributed by atoms with Gasteiger partial charge in [0, 0.05) is 62.9 Å². The SMILES string of the molecule is CCC(C)(C)[C@H](NC(=O)c1ccc(-c2csc(N3CCN(CCOC)CC3)n2)cc1)C(=O)N1C[C@H](NC)[C@H]2OCC(=O)[C@H]21. The summed E-state index contributed by atoms with van der Waals surface area (Å²) >= 11 is 1.63. The molecule has 43 heavy (non-hydrogen) atoms. The first-order valence-electron chi connectivity index (χ1n) is 15.1. The largest absolute Gasteiger partial charge is 0.383 e. The fourth-order valence-electron chi connectivity index (χ4n) is 6.03. The molecule has 2 N–H and O–H groups in total. The maximum atomic E-state index is 14.0. The molecule has 0 aliphatic carbocycles. The molecule has 2 aromatic rings. The number of methoxy groups -OCH3 is 1. The molecular weight excluding hydrogens is 568 g/mol. The number of carbonyl (C=O) groups is 3. The highest BCUT2D eigenvalue weighted by Gasteiger charge is 2.54. The van der Waals surface area contributed by atoms with Gasteiger partial charge in [0.25, 0.3) is 5.91 Å². The quantitative estimate of drug-likeness (QED) is 0.393. The van der Waals surface area contributed by atoms with E-state index in [0.717, 1.165) is 55.7 Å². The molecule has 4 atom stereocenters. The molecule has 1 aromatic heterocycles. The van der Waals surface area contributed by atoms with Crippen molar-refractivity contribution in [3.63, 3.8) is 0 Å². The third-order valence-electron chi connectivity index (χ3n) is 9.24. The predicted molar refractivity (Wildman–Crippen MR) is 167 cm³/mol.